The summed E-state index contributed by atoms with van der Waals surface area (Å²) >= 11 is 13.2. The smallest absolute Gasteiger partial charge is 0.298 e. The summed E-state index contributed by atoms with van der Waals surface area (Å²) in [6.45, 7) is 7.10. The second kappa shape index (κ2) is 20.5. The monoisotopic (exact) mass is 1190 g/mol. The van der Waals surface area contributed by atoms with E-state index in [1.54, 1.807) is 60.7 Å². The molecule has 5 aromatic rings. The third kappa shape index (κ3) is 10.7. The molecule has 21 heteroatoms. The number of phenols is 2. The largest absolute Gasteiger partial charge is 0.506 e. The fraction of sp³-hybridized carbons (Fsp3) is 0.140. The molecule has 0 spiro atoms. The van der Waals surface area contributed by atoms with Crippen LogP contribution in [0.2, 0.25) is 0 Å². The Hall–Kier alpha value is -2.96. The van der Waals surface area contributed by atoms with Crippen LogP contribution in [0.1, 0.15) is 48.6 Å². The van der Waals surface area contributed by atoms with Gasteiger partial charge in [0.2, 0.25) is 0 Å². The Kier molecular flexibility index (Phi) is 16.7. The third-order valence-electron chi connectivity index (χ3n) is 9.78. The molecular formula is C43H36Br4N2NaO11S3. The van der Waals surface area contributed by atoms with Gasteiger partial charge >= 0.3 is 0 Å². The van der Waals surface area contributed by atoms with Crippen LogP contribution in [-0.4, -0.2) is 92.9 Å². The number of allylic oxidation sites excluding steroid dienone is 5. The molecule has 7 rings (SSSR count). The normalized spacial score (nSPS) is 16.5. The molecule has 331 valence electrons. The molecule has 0 saturated heterocycles. The number of fused-ring (bicyclic) bond motifs is 1. The molecular weight excluding hydrogens is 1160 g/mol. The molecule has 0 aromatic heterocycles. The number of benzene rings is 5. The van der Waals surface area contributed by atoms with E-state index in [0.717, 1.165) is 35.6 Å². The van der Waals surface area contributed by atoms with Gasteiger partial charge in [-0.1, -0.05) is 42.5 Å². The number of halogens is 4. The van der Waals surface area contributed by atoms with Crippen molar-refractivity contribution in [2.24, 2.45) is 4.99 Å². The molecule has 0 atom stereocenters. The zero-order valence-electron chi connectivity index (χ0n) is 34.1. The van der Waals surface area contributed by atoms with Crippen LogP contribution in [0.5, 0.6) is 11.5 Å². The number of rotatable bonds is 9. The molecule has 0 fully saturated rings. The number of phenolic OH excluding ortho intramolecular Hbond substituents is 2. The molecule has 1 radical (unpaired) electrons. The van der Waals surface area contributed by atoms with Gasteiger partial charge in [0.05, 0.1) is 28.5 Å². The van der Waals surface area contributed by atoms with E-state index in [9.17, 15) is 44.6 Å². The van der Waals surface area contributed by atoms with Gasteiger partial charge in [-0.05, 0) is 185 Å². The average molecular weight is 1200 g/mol. The predicted molar refractivity (Wildman–Crippen MR) is 261 cm³/mol. The van der Waals surface area contributed by atoms with E-state index >= 15 is 0 Å². The Morgan fingerprint density at radius 1 is 0.766 bits per heavy atom. The van der Waals surface area contributed by atoms with Crippen LogP contribution in [-0.2, 0) is 40.1 Å². The number of anilines is 1. The average Bonchev–Trinajstić information content (AvgIpc) is 3.47. The van der Waals surface area contributed by atoms with E-state index < -0.39 is 45.7 Å². The Balaban J connectivity index is 0.000000240. The summed E-state index contributed by atoms with van der Waals surface area (Å²) in [5.74, 6) is -0.0442. The van der Waals surface area contributed by atoms with Crippen molar-refractivity contribution in [2.45, 2.75) is 41.1 Å². The van der Waals surface area contributed by atoms with Crippen molar-refractivity contribution in [3.05, 3.63) is 166 Å². The summed E-state index contributed by atoms with van der Waals surface area (Å²) in [5, 5.41) is 23.5. The Morgan fingerprint density at radius 2 is 1.31 bits per heavy atom. The Bertz CT molecular complexity index is 3040. The fourth-order valence-corrected chi connectivity index (χ4v) is 12.1. The van der Waals surface area contributed by atoms with Crippen LogP contribution in [0.3, 0.4) is 0 Å². The van der Waals surface area contributed by atoms with Crippen molar-refractivity contribution in [3.8, 4) is 11.5 Å². The molecule has 2 aliphatic rings. The first-order valence-corrected chi connectivity index (χ1v) is 26.0. The number of aliphatic imine (C=N–C) groups is 1. The van der Waals surface area contributed by atoms with Gasteiger partial charge in [-0.3, -0.25) is 14.1 Å². The molecule has 13 nitrogen and oxygen atoms in total. The molecule has 1 heterocycles. The van der Waals surface area contributed by atoms with Crippen molar-refractivity contribution in [1.82, 2.24) is 0 Å². The Labute approximate surface area is 426 Å². The fourth-order valence-electron chi connectivity index (χ4n) is 7.02. The molecule has 0 bridgehead atoms. The number of aromatic hydroxyl groups is 2. The minimum absolute atomic E-state index is 0. The zero-order chi connectivity index (χ0) is 46.2. The van der Waals surface area contributed by atoms with E-state index in [1.165, 1.54) is 12.1 Å². The minimum atomic E-state index is -4.85. The molecule has 1 aliphatic heterocycles. The van der Waals surface area contributed by atoms with Crippen LogP contribution in [0.4, 0.5) is 5.69 Å². The maximum atomic E-state index is 12.9. The molecule has 0 unspecified atom stereocenters. The minimum Gasteiger partial charge on any atom is -0.506 e. The Morgan fingerprint density at radius 3 is 1.80 bits per heavy atom. The van der Waals surface area contributed by atoms with Crippen molar-refractivity contribution in [1.29, 1.82) is 0 Å². The van der Waals surface area contributed by atoms with E-state index in [2.05, 4.69) is 74.0 Å². The maximum Gasteiger partial charge on any atom is 0.298 e. The first-order valence-electron chi connectivity index (χ1n) is 18.5. The van der Waals surface area contributed by atoms with E-state index in [4.69, 9.17) is 4.18 Å². The van der Waals surface area contributed by atoms with Crippen LogP contribution in [0.25, 0.3) is 5.57 Å². The summed E-state index contributed by atoms with van der Waals surface area (Å²) < 4.78 is 100. The summed E-state index contributed by atoms with van der Waals surface area (Å²) in [7, 11) is -13.6. The van der Waals surface area contributed by atoms with Gasteiger partial charge in [-0.25, -0.2) is 4.18 Å². The van der Waals surface area contributed by atoms with Crippen LogP contribution < -0.4 is 5.32 Å². The van der Waals surface area contributed by atoms with Gasteiger partial charge in [0.15, 0.2) is 5.60 Å². The topological polar surface area (TPSA) is 217 Å². The van der Waals surface area contributed by atoms with Gasteiger partial charge in [0.25, 0.3) is 30.4 Å². The molecule has 1 aliphatic carbocycles. The third-order valence-corrected chi connectivity index (χ3v) is 15.3. The number of nitrogens with zero attached hydrogens (tertiary/aromatic N) is 1. The number of nitrogens with one attached hydrogen (secondary N) is 1. The molecule has 0 saturated carbocycles. The standard InChI is InChI=1S/C24H26N2O6S2.C19H10Br4O5S.Na/c1-4-25-19-9-6-17(7-10-19)24(18-8-13-22(26-5-2)16(3)14-18)21-12-11-20(33(27,28)29)15-23(21)34(30,31)32;20-12-5-9(6-13(21)17(12)24)19(10-7-14(22)18(25)15(23)8-10)11-3-1-2-4-16(11)29(26,27)28-19;/h6-15,25H,4-5H2,1-3H3,(H,27,28,29)(H,30,31,32);1-8,24-25H;/b24-18+,26-22?;;. The quantitative estimate of drug-likeness (QED) is 0.0529. The predicted octanol–water partition coefficient (Wildman–Crippen LogP) is 10.2. The molecule has 64 heavy (non-hydrogen) atoms. The molecule has 0 amide bonds. The SMILES string of the molecule is CCN=C1C=C/C(=C(/c2ccc(NCC)cc2)c2ccc(S(=O)(=O)O)cc2S(=O)(=O)O)C=C1C.O=S1(=O)OC(c2cc(Br)c(O)c(Br)c2)(c2cc(Br)c(O)c(Br)c2)c2ccccc21.[Na]. The summed E-state index contributed by atoms with van der Waals surface area (Å²) in [5.41, 5.74) is 4.19. The molecule has 5 aromatic carbocycles. The van der Waals surface area contributed by atoms with E-state index in [1.807, 2.05) is 45.1 Å². The van der Waals surface area contributed by atoms with Crippen molar-refractivity contribution >= 4 is 141 Å². The summed E-state index contributed by atoms with van der Waals surface area (Å²) in [6, 6.07) is 23.3. The first-order chi connectivity index (χ1) is 29.5. The van der Waals surface area contributed by atoms with E-state index in [0.29, 0.717) is 57.8 Å². The number of hydrogen-bond acceptors (Lipinski definition) is 11. The first kappa shape index (κ1) is 52.0. The van der Waals surface area contributed by atoms with Gasteiger partial charge in [0, 0.05) is 59.5 Å². The van der Waals surface area contributed by atoms with Crippen molar-refractivity contribution < 1.29 is 48.8 Å². The summed E-state index contributed by atoms with van der Waals surface area (Å²) in [4.78, 5) is 3.22. The van der Waals surface area contributed by atoms with Crippen molar-refractivity contribution in [2.75, 3.05) is 18.4 Å². The van der Waals surface area contributed by atoms with Crippen LogP contribution in [0.15, 0.2) is 158 Å². The second-order valence-corrected chi connectivity index (χ2v) is 21.6. The maximum absolute atomic E-state index is 12.9. The zero-order valence-corrected chi connectivity index (χ0v) is 44.9. The van der Waals surface area contributed by atoms with Gasteiger partial charge in [-0.2, -0.15) is 25.3 Å². The van der Waals surface area contributed by atoms with Gasteiger partial charge < -0.3 is 15.5 Å². The second-order valence-electron chi connectivity index (χ2n) is 13.9. The van der Waals surface area contributed by atoms with Crippen molar-refractivity contribution in [3.63, 3.8) is 0 Å². The summed E-state index contributed by atoms with van der Waals surface area (Å²) in [6.07, 6.45) is 5.47. The van der Waals surface area contributed by atoms with Crippen LogP contribution in [0, 0.1) is 0 Å². The van der Waals surface area contributed by atoms with Gasteiger partial charge in [0.1, 0.15) is 21.3 Å². The van der Waals surface area contributed by atoms with Crippen LogP contribution >= 0.6 is 63.7 Å². The van der Waals surface area contributed by atoms with Gasteiger partial charge in [-0.15, -0.1) is 0 Å². The molecule has 5 N–H and O–H groups in total. The van der Waals surface area contributed by atoms with E-state index in [-0.39, 0.29) is 51.5 Å². The number of hydrogen-bond donors (Lipinski definition) is 5.